The van der Waals surface area contributed by atoms with Gasteiger partial charge in [0.1, 0.15) is 0 Å². The van der Waals surface area contributed by atoms with E-state index in [2.05, 4.69) is 0 Å². The second-order valence-corrected chi connectivity index (χ2v) is 8.36. The lowest BCUT2D eigenvalue weighted by Crippen LogP contribution is -2.33. The molecule has 4 aliphatic rings. The maximum atomic E-state index is 1.64. The molecule has 0 N–H and O–H groups in total. The van der Waals surface area contributed by atoms with Crippen LogP contribution in [0.2, 0.25) is 0 Å². The van der Waals surface area contributed by atoms with Crippen molar-refractivity contribution in [3.63, 3.8) is 0 Å². The Kier molecular flexibility index (Phi) is 3.62. The van der Waals surface area contributed by atoms with Crippen LogP contribution in [0.4, 0.5) is 0 Å². The van der Waals surface area contributed by atoms with Gasteiger partial charge in [-0.15, -0.1) is 0 Å². The van der Waals surface area contributed by atoms with Gasteiger partial charge in [-0.1, -0.05) is 64.2 Å². The van der Waals surface area contributed by atoms with Crippen LogP contribution >= 0.6 is 0 Å². The highest BCUT2D eigenvalue weighted by Gasteiger charge is 2.49. The van der Waals surface area contributed by atoms with Crippen LogP contribution in [0.15, 0.2) is 0 Å². The highest BCUT2D eigenvalue weighted by atomic mass is 14.5. The molecule has 0 bridgehead atoms. The van der Waals surface area contributed by atoms with E-state index in [9.17, 15) is 0 Å². The SMILES string of the molecule is C1CCC(CC2CC3CCCC4CCCC2C43)CC1. The lowest BCUT2D eigenvalue weighted by molar-refractivity contribution is 0.0809. The number of hydrogen-bond donors (Lipinski definition) is 0. The van der Waals surface area contributed by atoms with Gasteiger partial charge in [-0.3, -0.25) is 0 Å². The molecule has 0 aromatic carbocycles. The summed E-state index contributed by atoms with van der Waals surface area (Å²) in [5.41, 5.74) is 0. The van der Waals surface area contributed by atoms with Gasteiger partial charge in [0.2, 0.25) is 0 Å². The molecule has 0 aromatic rings. The van der Waals surface area contributed by atoms with Crippen molar-refractivity contribution in [3.8, 4) is 0 Å². The average molecular weight is 260 g/mol. The van der Waals surface area contributed by atoms with Gasteiger partial charge in [0, 0.05) is 0 Å². The molecule has 0 aliphatic heterocycles. The summed E-state index contributed by atoms with van der Waals surface area (Å²) >= 11 is 0. The Bertz CT molecular complexity index is 299. The minimum Gasteiger partial charge on any atom is -0.0533 e. The van der Waals surface area contributed by atoms with Gasteiger partial charge in [0.05, 0.1) is 0 Å². The third-order valence-corrected chi connectivity index (χ3v) is 7.42. The summed E-state index contributed by atoms with van der Waals surface area (Å²) in [5, 5.41) is 0. The molecule has 0 aromatic heterocycles. The molecule has 5 unspecified atom stereocenters. The fourth-order valence-electron chi connectivity index (χ4n) is 6.77. The fraction of sp³-hybridized carbons (Fsp3) is 1.00. The smallest absolute Gasteiger partial charge is 0.0326 e. The van der Waals surface area contributed by atoms with Crippen molar-refractivity contribution in [1.82, 2.24) is 0 Å². The van der Waals surface area contributed by atoms with E-state index in [4.69, 9.17) is 0 Å². The van der Waals surface area contributed by atoms with Crippen molar-refractivity contribution < 1.29 is 0 Å². The van der Waals surface area contributed by atoms with Crippen molar-refractivity contribution in [2.75, 3.05) is 0 Å². The average Bonchev–Trinajstić information content (AvgIpc) is 2.81. The van der Waals surface area contributed by atoms with Gasteiger partial charge in [0.15, 0.2) is 0 Å². The van der Waals surface area contributed by atoms with Crippen LogP contribution in [-0.2, 0) is 0 Å². The standard InChI is InChI=1S/C19H32/c1-2-6-14(7-3-1)12-17-13-16-10-4-8-15-9-5-11-18(17)19(15)16/h14-19H,1-13H2. The lowest BCUT2D eigenvalue weighted by atomic mass is 9.64. The van der Waals surface area contributed by atoms with Crippen LogP contribution in [0.5, 0.6) is 0 Å². The molecule has 0 heteroatoms. The molecule has 4 rings (SSSR count). The Balaban J connectivity index is 1.44. The number of rotatable bonds is 2. The van der Waals surface area contributed by atoms with Gasteiger partial charge >= 0.3 is 0 Å². The summed E-state index contributed by atoms with van der Waals surface area (Å²) in [6.45, 7) is 0. The van der Waals surface area contributed by atoms with Gasteiger partial charge in [-0.2, -0.15) is 0 Å². The summed E-state index contributed by atoms with van der Waals surface area (Å²) in [6.07, 6.45) is 20.5. The number of hydrogen-bond acceptors (Lipinski definition) is 0. The molecular formula is C19H32. The zero-order chi connectivity index (χ0) is 12.7. The van der Waals surface area contributed by atoms with Crippen LogP contribution in [0.1, 0.15) is 83.5 Å². The van der Waals surface area contributed by atoms with Crippen molar-refractivity contribution in [1.29, 1.82) is 0 Å². The molecule has 5 atom stereocenters. The Morgan fingerprint density at radius 3 is 2.21 bits per heavy atom. The van der Waals surface area contributed by atoms with E-state index in [1.54, 1.807) is 64.2 Å². The summed E-state index contributed by atoms with van der Waals surface area (Å²) in [5.74, 6) is 6.96. The first-order valence-corrected chi connectivity index (χ1v) is 9.42. The van der Waals surface area contributed by atoms with Gasteiger partial charge < -0.3 is 0 Å². The highest BCUT2D eigenvalue weighted by Crippen LogP contribution is 2.58. The van der Waals surface area contributed by atoms with Crippen molar-refractivity contribution in [3.05, 3.63) is 0 Å². The first-order valence-electron chi connectivity index (χ1n) is 9.42. The molecule has 108 valence electrons. The van der Waals surface area contributed by atoms with E-state index >= 15 is 0 Å². The summed E-state index contributed by atoms with van der Waals surface area (Å²) in [4.78, 5) is 0. The maximum absolute atomic E-state index is 1.64. The summed E-state index contributed by atoms with van der Waals surface area (Å²) in [6, 6.07) is 0. The van der Waals surface area contributed by atoms with Gasteiger partial charge in [0.25, 0.3) is 0 Å². The zero-order valence-electron chi connectivity index (χ0n) is 12.7. The molecule has 0 saturated heterocycles. The molecule has 0 radical (unpaired) electrons. The Hall–Kier alpha value is 0. The largest absolute Gasteiger partial charge is 0.0533 e. The van der Waals surface area contributed by atoms with E-state index in [0.29, 0.717) is 0 Å². The topological polar surface area (TPSA) is 0 Å². The van der Waals surface area contributed by atoms with E-state index < -0.39 is 0 Å². The molecular weight excluding hydrogens is 228 g/mol. The Morgan fingerprint density at radius 1 is 0.632 bits per heavy atom. The minimum absolute atomic E-state index is 1.12. The first kappa shape index (κ1) is 12.7. The van der Waals surface area contributed by atoms with Crippen LogP contribution in [0, 0.1) is 35.5 Å². The van der Waals surface area contributed by atoms with Crippen molar-refractivity contribution in [2.45, 2.75) is 83.5 Å². The molecule has 0 heterocycles. The molecule has 0 nitrogen and oxygen atoms in total. The fourth-order valence-corrected chi connectivity index (χ4v) is 6.77. The third kappa shape index (κ3) is 2.38. The van der Waals surface area contributed by atoms with E-state index in [1.807, 2.05) is 0 Å². The molecule has 0 spiro atoms. The molecule has 4 saturated carbocycles. The Morgan fingerprint density at radius 2 is 1.37 bits per heavy atom. The molecule has 4 fully saturated rings. The van der Waals surface area contributed by atoms with Gasteiger partial charge in [-0.05, 0) is 54.8 Å². The lowest BCUT2D eigenvalue weighted by Gasteiger charge is -2.42. The minimum atomic E-state index is 1.12. The van der Waals surface area contributed by atoms with Crippen LogP contribution in [0.3, 0.4) is 0 Å². The molecule has 19 heavy (non-hydrogen) atoms. The highest BCUT2D eigenvalue weighted by molar-refractivity contribution is 4.99. The van der Waals surface area contributed by atoms with Crippen molar-refractivity contribution in [2.24, 2.45) is 35.5 Å². The Labute approximate surface area is 119 Å². The van der Waals surface area contributed by atoms with Gasteiger partial charge in [-0.25, -0.2) is 0 Å². The summed E-state index contributed by atoms with van der Waals surface area (Å²) < 4.78 is 0. The van der Waals surface area contributed by atoms with E-state index in [-0.39, 0.29) is 0 Å². The second-order valence-electron chi connectivity index (χ2n) is 8.36. The zero-order valence-corrected chi connectivity index (χ0v) is 12.7. The predicted octanol–water partition coefficient (Wildman–Crippen LogP) is 5.81. The maximum Gasteiger partial charge on any atom is -0.0326 e. The van der Waals surface area contributed by atoms with E-state index in [1.165, 1.54) is 31.1 Å². The quantitative estimate of drug-likeness (QED) is 0.588. The predicted molar refractivity (Wildman–Crippen MR) is 81.0 cm³/mol. The van der Waals surface area contributed by atoms with Crippen LogP contribution in [-0.4, -0.2) is 0 Å². The van der Waals surface area contributed by atoms with Crippen molar-refractivity contribution >= 4 is 0 Å². The van der Waals surface area contributed by atoms with Crippen LogP contribution < -0.4 is 0 Å². The monoisotopic (exact) mass is 260 g/mol. The summed E-state index contributed by atoms with van der Waals surface area (Å²) in [7, 11) is 0. The second kappa shape index (κ2) is 5.41. The molecule has 0 amide bonds. The molecule has 4 aliphatic carbocycles. The normalized spacial score (nSPS) is 47.1. The van der Waals surface area contributed by atoms with E-state index in [0.717, 1.165) is 23.7 Å². The third-order valence-electron chi connectivity index (χ3n) is 7.42. The van der Waals surface area contributed by atoms with Crippen LogP contribution in [0.25, 0.3) is 0 Å². The first-order chi connectivity index (χ1) is 9.42.